The summed E-state index contributed by atoms with van der Waals surface area (Å²) in [7, 11) is 0. The molecular weight excluding hydrogens is 215 g/mol. The minimum Gasteiger partial charge on any atom is -0.157 e. The molecule has 0 bridgehead atoms. The van der Waals surface area contributed by atoms with Crippen molar-refractivity contribution in [2.24, 2.45) is 0 Å². The summed E-state index contributed by atoms with van der Waals surface area (Å²) in [6.07, 6.45) is 0.952. The molecule has 0 fully saturated rings. The molecule has 0 aromatic carbocycles. The first-order valence-corrected chi connectivity index (χ1v) is 5.47. The average molecular weight is 221 g/mol. The number of hydrogen-bond acceptors (Lipinski definition) is 3. The number of rotatable bonds is 0. The van der Waals surface area contributed by atoms with Gasteiger partial charge in [-0.25, -0.2) is 0 Å². The minimum atomic E-state index is 0.501. The lowest BCUT2D eigenvalue weighted by molar-refractivity contribution is 0.950. The normalized spacial score (nSPS) is 15.8. The molecule has 1 aliphatic rings. The van der Waals surface area contributed by atoms with Gasteiger partial charge >= 0.3 is 0 Å². The van der Waals surface area contributed by atoms with Gasteiger partial charge in [-0.2, -0.15) is 11.8 Å². The molecule has 0 saturated heterocycles. The molecule has 0 amide bonds. The van der Waals surface area contributed by atoms with E-state index >= 15 is 0 Å². The van der Waals surface area contributed by atoms with E-state index < -0.39 is 0 Å². The first-order chi connectivity index (χ1) is 5.79. The minimum absolute atomic E-state index is 0.501. The summed E-state index contributed by atoms with van der Waals surface area (Å²) < 4.78 is 0. The predicted molar refractivity (Wildman–Crippen MR) is 51.9 cm³/mol. The highest BCUT2D eigenvalue weighted by Gasteiger charge is 2.17. The summed E-state index contributed by atoms with van der Waals surface area (Å²) in [5, 5.41) is 8.54. The van der Waals surface area contributed by atoms with E-state index in [2.05, 4.69) is 10.2 Å². The van der Waals surface area contributed by atoms with Crippen molar-refractivity contribution >= 4 is 35.0 Å². The van der Waals surface area contributed by atoms with Crippen LogP contribution in [0.25, 0.3) is 0 Å². The summed E-state index contributed by atoms with van der Waals surface area (Å²) >= 11 is 13.6. The van der Waals surface area contributed by atoms with Crippen LogP contribution in [-0.2, 0) is 12.2 Å². The SMILES string of the molecule is Clc1nnc(Cl)c2c1CCSC2. The van der Waals surface area contributed by atoms with Crippen LogP contribution in [0.4, 0.5) is 0 Å². The molecule has 64 valence electrons. The number of aromatic nitrogens is 2. The third kappa shape index (κ3) is 1.41. The summed E-state index contributed by atoms with van der Waals surface area (Å²) in [4.78, 5) is 0. The molecule has 0 saturated carbocycles. The third-order valence-corrected chi connectivity index (χ3v) is 3.42. The molecule has 0 spiro atoms. The second-order valence-electron chi connectivity index (χ2n) is 2.54. The van der Waals surface area contributed by atoms with Gasteiger partial charge in [-0.05, 0) is 17.7 Å². The maximum absolute atomic E-state index is 5.87. The van der Waals surface area contributed by atoms with Crippen LogP contribution in [0.15, 0.2) is 0 Å². The monoisotopic (exact) mass is 220 g/mol. The quantitative estimate of drug-likeness (QED) is 0.673. The Hall–Kier alpha value is 0.01000. The molecule has 0 unspecified atom stereocenters. The largest absolute Gasteiger partial charge is 0.157 e. The van der Waals surface area contributed by atoms with Crippen LogP contribution < -0.4 is 0 Å². The van der Waals surface area contributed by atoms with Crippen LogP contribution >= 0.6 is 35.0 Å². The molecule has 1 aromatic heterocycles. The van der Waals surface area contributed by atoms with Gasteiger partial charge in [0.25, 0.3) is 0 Å². The van der Waals surface area contributed by atoms with E-state index in [1.165, 1.54) is 0 Å². The van der Waals surface area contributed by atoms with Crippen molar-refractivity contribution in [1.29, 1.82) is 0 Å². The Morgan fingerprint density at radius 3 is 2.42 bits per heavy atom. The molecule has 0 N–H and O–H groups in total. The first-order valence-electron chi connectivity index (χ1n) is 3.56. The molecule has 5 heteroatoms. The van der Waals surface area contributed by atoms with E-state index in [0.717, 1.165) is 29.1 Å². The van der Waals surface area contributed by atoms with E-state index in [-0.39, 0.29) is 0 Å². The number of fused-ring (bicyclic) bond motifs is 1. The van der Waals surface area contributed by atoms with Gasteiger partial charge in [-0.1, -0.05) is 23.2 Å². The van der Waals surface area contributed by atoms with E-state index in [1.807, 2.05) is 11.8 Å². The van der Waals surface area contributed by atoms with Gasteiger partial charge in [0.05, 0.1) is 0 Å². The topological polar surface area (TPSA) is 25.8 Å². The predicted octanol–water partition coefficient (Wildman–Crippen LogP) is 2.57. The standard InChI is InChI=1S/C7H6Cl2N2S/c8-6-4-1-2-12-3-5(4)7(9)11-10-6/h1-3H2. The lowest BCUT2D eigenvalue weighted by atomic mass is 10.1. The van der Waals surface area contributed by atoms with Crippen molar-refractivity contribution in [3.8, 4) is 0 Å². The van der Waals surface area contributed by atoms with E-state index in [4.69, 9.17) is 23.2 Å². The molecule has 0 radical (unpaired) electrons. The lowest BCUT2D eigenvalue weighted by Crippen LogP contribution is -2.06. The Labute approximate surface area is 84.7 Å². The highest BCUT2D eigenvalue weighted by atomic mass is 35.5. The number of hydrogen-bond donors (Lipinski definition) is 0. The van der Waals surface area contributed by atoms with Crippen molar-refractivity contribution in [3.63, 3.8) is 0 Å². The van der Waals surface area contributed by atoms with Crippen LogP contribution in [0.1, 0.15) is 11.1 Å². The molecule has 0 aliphatic carbocycles. The molecule has 2 nitrogen and oxygen atoms in total. The van der Waals surface area contributed by atoms with Gasteiger partial charge < -0.3 is 0 Å². The number of halogens is 2. The first kappa shape index (κ1) is 8.60. The Bertz CT molecular complexity index is 286. The molecule has 0 atom stereocenters. The van der Waals surface area contributed by atoms with Gasteiger partial charge in [0.15, 0.2) is 10.3 Å². The Balaban J connectivity index is 2.57. The number of nitrogens with zero attached hydrogens (tertiary/aromatic N) is 2. The molecule has 1 aromatic rings. The van der Waals surface area contributed by atoms with Crippen molar-refractivity contribution < 1.29 is 0 Å². The molecule has 1 aliphatic heterocycles. The maximum Gasteiger partial charge on any atom is 0.156 e. The van der Waals surface area contributed by atoms with Crippen LogP contribution in [0.5, 0.6) is 0 Å². The fraction of sp³-hybridized carbons (Fsp3) is 0.429. The van der Waals surface area contributed by atoms with Gasteiger partial charge in [0, 0.05) is 11.3 Å². The summed E-state index contributed by atoms with van der Waals surface area (Å²) in [6.45, 7) is 0. The van der Waals surface area contributed by atoms with E-state index in [0.29, 0.717) is 10.3 Å². The zero-order chi connectivity index (χ0) is 8.55. The Morgan fingerprint density at radius 2 is 1.75 bits per heavy atom. The smallest absolute Gasteiger partial charge is 0.156 e. The zero-order valence-electron chi connectivity index (χ0n) is 6.18. The van der Waals surface area contributed by atoms with Crippen LogP contribution in [0.3, 0.4) is 0 Å². The number of thioether (sulfide) groups is 1. The fourth-order valence-electron chi connectivity index (χ4n) is 1.21. The molecular formula is C7H6Cl2N2S. The van der Waals surface area contributed by atoms with Crippen LogP contribution in [0, 0.1) is 0 Å². The maximum atomic E-state index is 5.87. The fourth-order valence-corrected chi connectivity index (χ4v) is 2.76. The summed E-state index contributed by atoms with van der Waals surface area (Å²) in [6, 6.07) is 0. The molecule has 12 heavy (non-hydrogen) atoms. The van der Waals surface area contributed by atoms with E-state index in [9.17, 15) is 0 Å². The highest BCUT2D eigenvalue weighted by molar-refractivity contribution is 7.98. The lowest BCUT2D eigenvalue weighted by Gasteiger charge is -2.15. The second kappa shape index (κ2) is 3.40. The molecule has 2 heterocycles. The highest BCUT2D eigenvalue weighted by Crippen LogP contribution is 2.31. The summed E-state index contributed by atoms with van der Waals surface area (Å²) in [5.41, 5.74) is 2.14. The average Bonchev–Trinajstić information content (AvgIpc) is 2.12. The van der Waals surface area contributed by atoms with Gasteiger partial charge in [-0.15, -0.1) is 10.2 Å². The summed E-state index contributed by atoms with van der Waals surface area (Å²) in [5.74, 6) is 2.00. The van der Waals surface area contributed by atoms with Crippen LogP contribution in [0.2, 0.25) is 10.3 Å². The Kier molecular flexibility index (Phi) is 2.44. The van der Waals surface area contributed by atoms with Gasteiger partial charge in [-0.3, -0.25) is 0 Å². The third-order valence-electron chi connectivity index (χ3n) is 1.83. The van der Waals surface area contributed by atoms with Crippen molar-refractivity contribution in [3.05, 3.63) is 21.4 Å². The molecule has 2 rings (SSSR count). The van der Waals surface area contributed by atoms with Crippen molar-refractivity contribution in [1.82, 2.24) is 10.2 Å². The van der Waals surface area contributed by atoms with Crippen molar-refractivity contribution in [2.75, 3.05) is 5.75 Å². The van der Waals surface area contributed by atoms with Crippen molar-refractivity contribution in [2.45, 2.75) is 12.2 Å². The van der Waals surface area contributed by atoms with Crippen LogP contribution in [-0.4, -0.2) is 16.0 Å². The zero-order valence-corrected chi connectivity index (χ0v) is 8.51. The van der Waals surface area contributed by atoms with E-state index in [1.54, 1.807) is 0 Å². The van der Waals surface area contributed by atoms with Gasteiger partial charge in [0.1, 0.15) is 0 Å². The second-order valence-corrected chi connectivity index (χ2v) is 4.36. The Morgan fingerprint density at radius 1 is 1.08 bits per heavy atom. The van der Waals surface area contributed by atoms with Gasteiger partial charge in [0.2, 0.25) is 0 Å².